The second kappa shape index (κ2) is 5.31. The predicted molar refractivity (Wildman–Crippen MR) is 40.9 cm³/mol. The number of hydrogen-bond donors (Lipinski definition) is 1. The zero-order valence-electron chi connectivity index (χ0n) is 6.78. The van der Waals surface area contributed by atoms with Gasteiger partial charge in [0, 0.05) is 6.92 Å². The summed E-state index contributed by atoms with van der Waals surface area (Å²) in [5, 5.41) is 0. The van der Waals surface area contributed by atoms with E-state index in [4.69, 9.17) is 5.73 Å². The van der Waals surface area contributed by atoms with Gasteiger partial charge in [-0.2, -0.15) is 0 Å². The zero-order chi connectivity index (χ0) is 9.56. The molecule has 5 heteroatoms. The van der Waals surface area contributed by atoms with Gasteiger partial charge in [0.2, 0.25) is 0 Å². The molecule has 0 aliphatic heterocycles. The van der Waals surface area contributed by atoms with Crippen LogP contribution < -0.4 is 5.73 Å². The first-order chi connectivity index (χ1) is 5.57. The van der Waals surface area contributed by atoms with Crippen molar-refractivity contribution < 1.29 is 19.1 Å². The van der Waals surface area contributed by atoms with E-state index < -0.39 is 18.0 Å². The number of ether oxygens (including phenoxy) is 2. The number of carbonyl (C=O) groups excluding carboxylic acids is 2. The summed E-state index contributed by atoms with van der Waals surface area (Å²) in [6, 6.07) is -0.952. The van der Waals surface area contributed by atoms with Crippen LogP contribution in [0.5, 0.6) is 0 Å². The lowest BCUT2D eigenvalue weighted by Gasteiger charge is -2.07. The third-order valence-electron chi connectivity index (χ3n) is 0.968. The first kappa shape index (κ1) is 10.6. The summed E-state index contributed by atoms with van der Waals surface area (Å²) in [7, 11) is 0. The molecule has 0 saturated heterocycles. The Morgan fingerprint density at radius 1 is 1.67 bits per heavy atom. The van der Waals surface area contributed by atoms with Crippen molar-refractivity contribution in [3.63, 3.8) is 0 Å². The number of carbonyl (C=O) groups is 2. The number of esters is 2. The van der Waals surface area contributed by atoms with Crippen molar-refractivity contribution in [2.75, 3.05) is 6.61 Å². The third-order valence-corrected chi connectivity index (χ3v) is 0.968. The van der Waals surface area contributed by atoms with Gasteiger partial charge in [-0.3, -0.25) is 4.79 Å². The molecule has 0 bridgehead atoms. The second-order valence-electron chi connectivity index (χ2n) is 2.01. The monoisotopic (exact) mass is 173 g/mol. The van der Waals surface area contributed by atoms with Gasteiger partial charge in [0.15, 0.2) is 0 Å². The van der Waals surface area contributed by atoms with E-state index in [1.807, 2.05) is 0 Å². The molecule has 0 aromatic rings. The summed E-state index contributed by atoms with van der Waals surface area (Å²) in [5.74, 6) is -1.16. The molecule has 0 amide bonds. The van der Waals surface area contributed by atoms with E-state index in [2.05, 4.69) is 16.1 Å². The molecular weight excluding hydrogens is 162 g/mol. The standard InChI is InChI=1S/C7H11NO4/c1-3-11-7(10)6(8)4-12-5(2)9/h3,6H,1,4,8H2,2H3. The highest BCUT2D eigenvalue weighted by Crippen LogP contribution is 1.88. The summed E-state index contributed by atoms with van der Waals surface area (Å²) in [4.78, 5) is 21.0. The van der Waals surface area contributed by atoms with E-state index in [0.29, 0.717) is 0 Å². The Balaban J connectivity index is 3.70. The minimum Gasteiger partial charge on any atom is -0.464 e. The van der Waals surface area contributed by atoms with Crippen LogP contribution in [0.4, 0.5) is 0 Å². The van der Waals surface area contributed by atoms with Crippen LogP contribution in [0.2, 0.25) is 0 Å². The van der Waals surface area contributed by atoms with Gasteiger partial charge in [-0.05, 0) is 0 Å². The SMILES string of the molecule is C=COC(=O)C(N)COC(C)=O. The molecule has 0 radical (unpaired) electrons. The normalized spacial score (nSPS) is 11.5. The maximum Gasteiger partial charge on any atom is 0.331 e. The zero-order valence-corrected chi connectivity index (χ0v) is 6.78. The molecule has 0 aliphatic carbocycles. The maximum absolute atomic E-state index is 10.7. The second-order valence-corrected chi connectivity index (χ2v) is 2.01. The van der Waals surface area contributed by atoms with Crippen molar-refractivity contribution in [3.8, 4) is 0 Å². The van der Waals surface area contributed by atoms with Gasteiger partial charge in [-0.15, -0.1) is 0 Å². The van der Waals surface area contributed by atoms with Crippen LogP contribution in [0.3, 0.4) is 0 Å². The van der Waals surface area contributed by atoms with Crippen molar-refractivity contribution in [2.45, 2.75) is 13.0 Å². The third kappa shape index (κ3) is 4.45. The first-order valence-corrected chi connectivity index (χ1v) is 3.28. The van der Waals surface area contributed by atoms with Gasteiger partial charge in [-0.1, -0.05) is 6.58 Å². The van der Waals surface area contributed by atoms with E-state index in [9.17, 15) is 9.59 Å². The Labute approximate surface area is 70.1 Å². The molecular formula is C7H11NO4. The topological polar surface area (TPSA) is 78.6 Å². The molecule has 0 rings (SSSR count). The average Bonchev–Trinajstić information content (AvgIpc) is 2.00. The Morgan fingerprint density at radius 2 is 2.25 bits per heavy atom. The molecule has 1 atom stereocenters. The quantitative estimate of drug-likeness (QED) is 0.460. The molecule has 0 fully saturated rings. The molecule has 0 spiro atoms. The van der Waals surface area contributed by atoms with Crippen molar-refractivity contribution in [2.24, 2.45) is 5.73 Å². The minimum absolute atomic E-state index is 0.179. The van der Waals surface area contributed by atoms with Crippen molar-refractivity contribution in [1.29, 1.82) is 0 Å². The van der Waals surface area contributed by atoms with Crippen LogP contribution in [0, 0.1) is 0 Å². The Bertz CT molecular complexity index is 190. The lowest BCUT2D eigenvalue weighted by molar-refractivity contribution is -0.146. The summed E-state index contributed by atoms with van der Waals surface area (Å²) < 4.78 is 8.82. The highest BCUT2D eigenvalue weighted by molar-refractivity contribution is 5.76. The highest BCUT2D eigenvalue weighted by atomic mass is 16.5. The van der Waals surface area contributed by atoms with E-state index in [1.165, 1.54) is 6.92 Å². The van der Waals surface area contributed by atoms with Gasteiger partial charge in [0.05, 0.1) is 6.26 Å². The van der Waals surface area contributed by atoms with E-state index in [-0.39, 0.29) is 6.61 Å². The summed E-state index contributed by atoms with van der Waals surface area (Å²) in [6.45, 7) is 4.22. The van der Waals surface area contributed by atoms with Crippen LogP contribution in [0.25, 0.3) is 0 Å². The fraction of sp³-hybridized carbons (Fsp3) is 0.429. The molecule has 0 heterocycles. The van der Waals surface area contributed by atoms with E-state index >= 15 is 0 Å². The van der Waals surface area contributed by atoms with Crippen molar-refractivity contribution in [1.82, 2.24) is 0 Å². The number of nitrogens with two attached hydrogens (primary N) is 1. The summed E-state index contributed by atoms with van der Waals surface area (Å²) >= 11 is 0. The van der Waals surface area contributed by atoms with Gasteiger partial charge in [0.25, 0.3) is 0 Å². The Hall–Kier alpha value is -1.36. The highest BCUT2D eigenvalue weighted by Gasteiger charge is 2.15. The van der Waals surface area contributed by atoms with Crippen molar-refractivity contribution >= 4 is 11.9 Å². The largest absolute Gasteiger partial charge is 0.464 e. The van der Waals surface area contributed by atoms with Crippen LogP contribution in [-0.4, -0.2) is 24.6 Å². The molecule has 2 N–H and O–H groups in total. The van der Waals surface area contributed by atoms with Gasteiger partial charge < -0.3 is 15.2 Å². The Kier molecular flexibility index (Phi) is 4.71. The molecule has 5 nitrogen and oxygen atoms in total. The summed E-state index contributed by atoms with van der Waals surface area (Å²) in [5.41, 5.74) is 5.25. The van der Waals surface area contributed by atoms with Crippen molar-refractivity contribution in [3.05, 3.63) is 12.8 Å². The lowest BCUT2D eigenvalue weighted by Crippen LogP contribution is -2.36. The predicted octanol–water partition coefficient (Wildman–Crippen LogP) is -0.437. The molecule has 0 aromatic carbocycles. The maximum atomic E-state index is 10.7. The van der Waals surface area contributed by atoms with Crippen LogP contribution >= 0.6 is 0 Å². The molecule has 0 aliphatic rings. The fourth-order valence-electron chi connectivity index (χ4n) is 0.445. The van der Waals surface area contributed by atoms with Gasteiger partial charge >= 0.3 is 11.9 Å². The van der Waals surface area contributed by atoms with E-state index in [0.717, 1.165) is 6.26 Å². The molecule has 12 heavy (non-hydrogen) atoms. The van der Waals surface area contributed by atoms with Crippen LogP contribution in [0.1, 0.15) is 6.92 Å². The molecule has 1 unspecified atom stereocenters. The smallest absolute Gasteiger partial charge is 0.331 e. The van der Waals surface area contributed by atoms with Gasteiger partial charge in [-0.25, -0.2) is 4.79 Å². The first-order valence-electron chi connectivity index (χ1n) is 3.28. The minimum atomic E-state index is -0.952. The molecule has 0 aromatic heterocycles. The van der Waals surface area contributed by atoms with Crippen LogP contribution in [0.15, 0.2) is 12.8 Å². The number of rotatable bonds is 4. The fourth-order valence-corrected chi connectivity index (χ4v) is 0.445. The van der Waals surface area contributed by atoms with Gasteiger partial charge in [0.1, 0.15) is 12.6 Å². The van der Waals surface area contributed by atoms with E-state index in [1.54, 1.807) is 0 Å². The molecule has 0 saturated carbocycles. The summed E-state index contributed by atoms with van der Waals surface area (Å²) in [6.07, 6.45) is 0.968. The Morgan fingerprint density at radius 3 is 2.67 bits per heavy atom. The average molecular weight is 173 g/mol. The number of hydrogen-bond acceptors (Lipinski definition) is 5. The van der Waals surface area contributed by atoms with Crippen LogP contribution in [-0.2, 0) is 19.1 Å². The lowest BCUT2D eigenvalue weighted by atomic mass is 10.3. The molecule has 68 valence electrons.